The molecule has 22 heavy (non-hydrogen) atoms. The maximum atomic E-state index is 12.4. The molecule has 0 aliphatic rings. The number of nitrogens with zero attached hydrogens (tertiary/aromatic N) is 2. The van der Waals surface area contributed by atoms with Gasteiger partial charge in [-0.05, 0) is 31.3 Å². The number of hydrogen-bond donors (Lipinski definition) is 1. The average Bonchev–Trinajstić information content (AvgIpc) is 2.46. The molecule has 0 saturated carbocycles. The lowest BCUT2D eigenvalue weighted by atomic mass is 10.2. The van der Waals surface area contributed by atoms with Gasteiger partial charge in [-0.1, -0.05) is 17.7 Å². The number of aromatic amines is 1. The number of aryl methyl sites for hydroxylation is 1. The van der Waals surface area contributed by atoms with E-state index >= 15 is 0 Å². The molecule has 1 aromatic heterocycles. The van der Waals surface area contributed by atoms with Crippen molar-refractivity contribution >= 4 is 28.3 Å². The van der Waals surface area contributed by atoms with Crippen LogP contribution in [0, 0.1) is 23.0 Å². The zero-order chi connectivity index (χ0) is 16.3. The van der Waals surface area contributed by atoms with E-state index in [4.69, 9.17) is 17.5 Å². The highest BCUT2D eigenvalue weighted by molar-refractivity contribution is 7.95. The van der Waals surface area contributed by atoms with Crippen LogP contribution in [-0.2, 0) is 9.84 Å². The van der Waals surface area contributed by atoms with Gasteiger partial charge in [0, 0.05) is 18.5 Å². The number of aromatic nitrogens is 2. The lowest BCUT2D eigenvalue weighted by Crippen LogP contribution is -2.10. The molecule has 0 amide bonds. The standard InChI is InChI=1S/C14H11N3O3S2/c1-10-2-4-11(5-3-10)22(19,20)12(8-15)9-17-7-6-13(18)16-14(17)21/h2-7,9H,1H3,(H,16,18,21)/b12-9-. The van der Waals surface area contributed by atoms with Gasteiger partial charge in [0.15, 0.2) is 9.68 Å². The Bertz CT molecular complexity index is 991. The van der Waals surface area contributed by atoms with Gasteiger partial charge in [-0.25, -0.2) is 8.42 Å². The third-order valence-electron chi connectivity index (χ3n) is 2.84. The maximum absolute atomic E-state index is 12.4. The largest absolute Gasteiger partial charge is 0.299 e. The molecule has 0 atom stereocenters. The summed E-state index contributed by atoms with van der Waals surface area (Å²) in [7, 11) is -3.95. The van der Waals surface area contributed by atoms with Crippen LogP contribution in [0.2, 0.25) is 0 Å². The predicted octanol–water partition coefficient (Wildman–Crippen LogP) is 2.01. The highest BCUT2D eigenvalue weighted by Crippen LogP contribution is 2.19. The van der Waals surface area contributed by atoms with Crippen LogP contribution in [0.25, 0.3) is 6.20 Å². The van der Waals surface area contributed by atoms with Gasteiger partial charge >= 0.3 is 0 Å². The van der Waals surface area contributed by atoms with Crippen LogP contribution in [0.4, 0.5) is 0 Å². The smallest absolute Gasteiger partial charge is 0.251 e. The Morgan fingerprint density at radius 1 is 1.32 bits per heavy atom. The molecule has 0 aliphatic carbocycles. The molecule has 0 bridgehead atoms. The number of H-pyrrole nitrogens is 1. The van der Waals surface area contributed by atoms with Gasteiger partial charge in [0.1, 0.15) is 6.07 Å². The monoisotopic (exact) mass is 333 g/mol. The first-order valence-corrected chi connectivity index (χ1v) is 7.99. The number of rotatable bonds is 3. The van der Waals surface area contributed by atoms with Crippen molar-refractivity contribution in [1.82, 2.24) is 9.55 Å². The van der Waals surface area contributed by atoms with Gasteiger partial charge in [0.25, 0.3) is 5.56 Å². The Kier molecular flexibility index (Phi) is 4.40. The molecule has 1 aromatic carbocycles. The molecular weight excluding hydrogens is 322 g/mol. The lowest BCUT2D eigenvalue weighted by molar-refractivity contribution is 0.603. The Labute approximate surface area is 131 Å². The van der Waals surface area contributed by atoms with Gasteiger partial charge in [-0.2, -0.15) is 5.26 Å². The average molecular weight is 333 g/mol. The molecule has 2 rings (SSSR count). The molecule has 6 nitrogen and oxygen atoms in total. The number of benzene rings is 1. The minimum Gasteiger partial charge on any atom is -0.299 e. The molecule has 1 heterocycles. The van der Waals surface area contributed by atoms with E-state index < -0.39 is 20.3 Å². The summed E-state index contributed by atoms with van der Waals surface area (Å²) >= 11 is 4.92. The minimum absolute atomic E-state index is 0.000596. The van der Waals surface area contributed by atoms with Gasteiger partial charge < -0.3 is 0 Å². The first-order chi connectivity index (χ1) is 10.3. The van der Waals surface area contributed by atoms with Gasteiger partial charge in [-0.3, -0.25) is 14.3 Å². The van der Waals surface area contributed by atoms with Gasteiger partial charge in [-0.15, -0.1) is 0 Å². The molecule has 0 saturated heterocycles. The normalized spacial score (nSPS) is 11.9. The molecule has 0 unspecified atom stereocenters. The van der Waals surface area contributed by atoms with Crippen molar-refractivity contribution in [3.63, 3.8) is 0 Å². The summed E-state index contributed by atoms with van der Waals surface area (Å²) in [5, 5.41) is 9.17. The van der Waals surface area contributed by atoms with E-state index in [-0.39, 0.29) is 9.67 Å². The van der Waals surface area contributed by atoms with Crippen LogP contribution in [0.1, 0.15) is 5.56 Å². The summed E-state index contributed by atoms with van der Waals surface area (Å²) in [6.07, 6.45) is 2.37. The second-order valence-electron chi connectivity index (χ2n) is 4.44. The van der Waals surface area contributed by atoms with Crippen molar-refractivity contribution in [2.75, 3.05) is 0 Å². The minimum atomic E-state index is -3.95. The third-order valence-corrected chi connectivity index (χ3v) is 4.82. The summed E-state index contributed by atoms with van der Waals surface area (Å²) in [6, 6.07) is 9.00. The molecule has 112 valence electrons. The summed E-state index contributed by atoms with van der Waals surface area (Å²) in [5.74, 6) is 0. The third kappa shape index (κ3) is 3.21. The van der Waals surface area contributed by atoms with Crippen molar-refractivity contribution in [3.8, 4) is 6.07 Å². The lowest BCUT2D eigenvalue weighted by Gasteiger charge is -2.05. The van der Waals surface area contributed by atoms with Crippen LogP contribution in [0.15, 0.2) is 51.1 Å². The Morgan fingerprint density at radius 3 is 2.50 bits per heavy atom. The second-order valence-corrected chi connectivity index (χ2v) is 6.74. The highest BCUT2D eigenvalue weighted by Gasteiger charge is 2.20. The van der Waals surface area contributed by atoms with Crippen LogP contribution in [-0.4, -0.2) is 18.0 Å². The van der Waals surface area contributed by atoms with E-state index in [0.717, 1.165) is 11.8 Å². The first-order valence-electron chi connectivity index (χ1n) is 6.10. The maximum Gasteiger partial charge on any atom is 0.251 e. The summed E-state index contributed by atoms with van der Waals surface area (Å²) in [6.45, 7) is 1.83. The Balaban J connectivity index is 2.58. The molecule has 1 N–H and O–H groups in total. The molecular formula is C14H11N3O3S2. The van der Waals surface area contributed by atoms with E-state index in [1.807, 2.05) is 6.92 Å². The van der Waals surface area contributed by atoms with Crippen LogP contribution >= 0.6 is 12.2 Å². The van der Waals surface area contributed by atoms with E-state index in [1.165, 1.54) is 29.0 Å². The fraction of sp³-hybridized carbons (Fsp3) is 0.0714. The van der Waals surface area contributed by atoms with Crippen molar-refractivity contribution in [2.24, 2.45) is 0 Å². The molecule has 2 aromatic rings. The fourth-order valence-electron chi connectivity index (χ4n) is 1.66. The predicted molar refractivity (Wildman–Crippen MR) is 84.1 cm³/mol. The van der Waals surface area contributed by atoms with Crippen molar-refractivity contribution in [1.29, 1.82) is 5.26 Å². The zero-order valence-corrected chi connectivity index (χ0v) is 13.1. The number of nitrogens with one attached hydrogen (secondary N) is 1. The number of sulfone groups is 1. The molecule has 0 fully saturated rings. The van der Waals surface area contributed by atoms with E-state index in [0.29, 0.717) is 0 Å². The molecule has 0 radical (unpaired) electrons. The fourth-order valence-corrected chi connectivity index (χ4v) is 2.99. The first kappa shape index (κ1) is 15.9. The van der Waals surface area contributed by atoms with Crippen molar-refractivity contribution in [3.05, 3.63) is 62.1 Å². The number of nitriles is 1. The summed E-state index contributed by atoms with van der Waals surface area (Å²) in [5.41, 5.74) is 0.499. The topological polar surface area (TPSA) is 95.7 Å². The quantitative estimate of drug-likeness (QED) is 0.685. The van der Waals surface area contributed by atoms with Crippen molar-refractivity contribution < 1.29 is 8.42 Å². The van der Waals surface area contributed by atoms with Crippen LogP contribution < -0.4 is 5.56 Å². The number of hydrogen-bond acceptors (Lipinski definition) is 5. The summed E-state index contributed by atoms with van der Waals surface area (Å²) in [4.78, 5) is 13.0. The molecule has 8 heteroatoms. The Hall–Kier alpha value is -2.50. The van der Waals surface area contributed by atoms with Gasteiger partial charge in [0.2, 0.25) is 9.84 Å². The second kappa shape index (κ2) is 6.09. The van der Waals surface area contributed by atoms with Crippen LogP contribution in [0.3, 0.4) is 0 Å². The van der Waals surface area contributed by atoms with E-state index in [9.17, 15) is 13.2 Å². The van der Waals surface area contributed by atoms with Gasteiger partial charge in [0.05, 0.1) is 4.90 Å². The number of allylic oxidation sites excluding steroid dienone is 1. The SMILES string of the molecule is Cc1ccc(S(=O)(=O)/C(C#N)=C\n2ccc(=O)[nH]c2=S)cc1. The molecule has 0 aliphatic heterocycles. The zero-order valence-electron chi connectivity index (χ0n) is 11.5. The van der Waals surface area contributed by atoms with E-state index in [2.05, 4.69) is 4.98 Å². The molecule has 0 spiro atoms. The van der Waals surface area contributed by atoms with Crippen molar-refractivity contribution in [2.45, 2.75) is 11.8 Å². The highest BCUT2D eigenvalue weighted by atomic mass is 32.2. The van der Waals surface area contributed by atoms with E-state index in [1.54, 1.807) is 18.2 Å². The Morgan fingerprint density at radius 2 is 1.95 bits per heavy atom. The summed E-state index contributed by atoms with van der Waals surface area (Å²) < 4.78 is 26.1. The van der Waals surface area contributed by atoms with Crippen LogP contribution in [0.5, 0.6) is 0 Å².